The van der Waals surface area contributed by atoms with E-state index < -0.39 is 0 Å². The number of aromatic nitrogens is 3. The van der Waals surface area contributed by atoms with Crippen molar-refractivity contribution in [1.82, 2.24) is 15.0 Å². The summed E-state index contributed by atoms with van der Waals surface area (Å²) in [5, 5.41) is 3.47. The molecule has 20 heavy (non-hydrogen) atoms. The molecular weight excluding hydrogens is 252 g/mol. The summed E-state index contributed by atoms with van der Waals surface area (Å²) < 4.78 is 0. The van der Waals surface area contributed by atoms with Crippen molar-refractivity contribution in [2.24, 2.45) is 0 Å². The smallest absolute Gasteiger partial charge is 0.231 e. The van der Waals surface area contributed by atoms with Crippen LogP contribution in [0.3, 0.4) is 0 Å². The molecule has 2 aliphatic rings. The number of nitrogens with two attached hydrogens (primary N) is 1. The monoisotopic (exact) mass is 276 g/mol. The van der Waals surface area contributed by atoms with Crippen molar-refractivity contribution in [2.75, 3.05) is 29.0 Å². The Bertz CT molecular complexity index is 463. The van der Waals surface area contributed by atoms with Gasteiger partial charge in [-0.2, -0.15) is 15.0 Å². The van der Waals surface area contributed by atoms with Crippen LogP contribution < -0.4 is 16.0 Å². The Balaban J connectivity index is 1.78. The average molecular weight is 276 g/mol. The van der Waals surface area contributed by atoms with E-state index in [2.05, 4.69) is 32.1 Å². The first-order valence-corrected chi connectivity index (χ1v) is 7.69. The minimum Gasteiger partial charge on any atom is -0.368 e. The van der Waals surface area contributed by atoms with E-state index in [1.165, 1.54) is 32.1 Å². The van der Waals surface area contributed by atoms with E-state index in [9.17, 15) is 0 Å². The molecule has 6 nitrogen and oxygen atoms in total. The zero-order valence-corrected chi connectivity index (χ0v) is 12.2. The summed E-state index contributed by atoms with van der Waals surface area (Å²) in [6, 6.07) is 0. The molecule has 1 aliphatic heterocycles. The highest BCUT2D eigenvalue weighted by Crippen LogP contribution is 2.32. The summed E-state index contributed by atoms with van der Waals surface area (Å²) >= 11 is 0. The standard InChI is InChI=1S/C14H24N6/c1-14(7-3-4-8-14)19-12-16-11(15)17-13(18-12)20-9-5-2-6-10-20/h2-10H2,1H3,(H3,15,16,17,18,19). The maximum atomic E-state index is 5.85. The van der Waals surface area contributed by atoms with Gasteiger partial charge in [-0.05, 0) is 39.0 Å². The van der Waals surface area contributed by atoms with Gasteiger partial charge in [0.25, 0.3) is 0 Å². The number of nitrogens with one attached hydrogen (secondary N) is 1. The Morgan fingerprint density at radius 1 is 1.00 bits per heavy atom. The lowest BCUT2D eigenvalue weighted by molar-refractivity contribution is 0.526. The minimum absolute atomic E-state index is 0.104. The molecule has 1 aliphatic carbocycles. The van der Waals surface area contributed by atoms with Crippen LogP contribution in [-0.4, -0.2) is 33.6 Å². The largest absolute Gasteiger partial charge is 0.368 e. The van der Waals surface area contributed by atoms with Crippen LogP contribution in [0.1, 0.15) is 51.9 Å². The Morgan fingerprint density at radius 3 is 2.40 bits per heavy atom. The van der Waals surface area contributed by atoms with Crippen molar-refractivity contribution < 1.29 is 0 Å². The molecule has 1 aromatic rings. The van der Waals surface area contributed by atoms with Crippen molar-refractivity contribution in [3.05, 3.63) is 0 Å². The second-order valence-corrected chi connectivity index (χ2v) is 6.26. The Kier molecular flexibility index (Phi) is 3.63. The summed E-state index contributed by atoms with van der Waals surface area (Å²) in [6.07, 6.45) is 8.56. The zero-order chi connectivity index (χ0) is 14.0. The molecule has 0 unspecified atom stereocenters. The van der Waals surface area contributed by atoms with Gasteiger partial charge in [-0.25, -0.2) is 0 Å². The normalized spacial score (nSPS) is 21.9. The van der Waals surface area contributed by atoms with E-state index >= 15 is 0 Å². The van der Waals surface area contributed by atoms with Gasteiger partial charge in [-0.3, -0.25) is 0 Å². The fraction of sp³-hybridized carbons (Fsp3) is 0.786. The summed E-state index contributed by atoms with van der Waals surface area (Å²) in [7, 11) is 0. The third kappa shape index (κ3) is 2.94. The lowest BCUT2D eigenvalue weighted by Crippen LogP contribution is -2.34. The van der Waals surface area contributed by atoms with E-state index in [0.29, 0.717) is 11.9 Å². The summed E-state index contributed by atoms with van der Waals surface area (Å²) in [6.45, 7) is 4.26. The van der Waals surface area contributed by atoms with Gasteiger partial charge >= 0.3 is 0 Å². The second kappa shape index (κ2) is 5.42. The van der Waals surface area contributed by atoms with Crippen LogP contribution >= 0.6 is 0 Å². The molecule has 0 radical (unpaired) electrons. The number of anilines is 3. The number of hydrogen-bond acceptors (Lipinski definition) is 6. The van der Waals surface area contributed by atoms with Crippen molar-refractivity contribution in [2.45, 2.75) is 57.4 Å². The maximum absolute atomic E-state index is 5.85. The lowest BCUT2D eigenvalue weighted by atomic mass is 10.0. The van der Waals surface area contributed by atoms with E-state index in [1.54, 1.807) is 0 Å². The minimum atomic E-state index is 0.104. The highest BCUT2D eigenvalue weighted by molar-refractivity contribution is 5.43. The van der Waals surface area contributed by atoms with E-state index in [1.807, 2.05) is 0 Å². The van der Waals surface area contributed by atoms with Gasteiger partial charge in [0.1, 0.15) is 0 Å². The van der Waals surface area contributed by atoms with Gasteiger partial charge in [-0.1, -0.05) is 12.8 Å². The Labute approximate surface area is 120 Å². The van der Waals surface area contributed by atoms with Crippen LogP contribution in [-0.2, 0) is 0 Å². The molecule has 3 rings (SSSR count). The fourth-order valence-electron chi connectivity index (χ4n) is 3.22. The number of hydrogen-bond donors (Lipinski definition) is 2. The molecular formula is C14H24N6. The zero-order valence-electron chi connectivity index (χ0n) is 12.2. The Hall–Kier alpha value is -1.59. The van der Waals surface area contributed by atoms with Crippen LogP contribution in [0.5, 0.6) is 0 Å². The van der Waals surface area contributed by atoms with Gasteiger partial charge in [0.05, 0.1) is 0 Å². The van der Waals surface area contributed by atoms with Gasteiger partial charge in [0.2, 0.25) is 17.8 Å². The number of piperidine rings is 1. The highest BCUT2D eigenvalue weighted by atomic mass is 15.3. The van der Waals surface area contributed by atoms with Crippen LogP contribution in [0.2, 0.25) is 0 Å². The Morgan fingerprint density at radius 2 is 1.70 bits per heavy atom. The molecule has 0 bridgehead atoms. The summed E-state index contributed by atoms with van der Waals surface area (Å²) in [5.74, 6) is 1.66. The van der Waals surface area contributed by atoms with Crippen LogP contribution in [0.15, 0.2) is 0 Å². The number of nitrogen functional groups attached to an aromatic ring is 1. The van der Waals surface area contributed by atoms with Gasteiger partial charge < -0.3 is 16.0 Å². The first kappa shape index (κ1) is 13.4. The molecule has 0 aromatic carbocycles. The van der Waals surface area contributed by atoms with E-state index in [4.69, 9.17) is 5.73 Å². The molecule has 1 saturated heterocycles. The molecule has 6 heteroatoms. The van der Waals surface area contributed by atoms with Crippen molar-refractivity contribution in [1.29, 1.82) is 0 Å². The predicted octanol–water partition coefficient (Wildman–Crippen LogP) is 2.19. The number of rotatable bonds is 3. The van der Waals surface area contributed by atoms with Crippen molar-refractivity contribution >= 4 is 17.8 Å². The van der Waals surface area contributed by atoms with Crippen molar-refractivity contribution in [3.63, 3.8) is 0 Å². The topological polar surface area (TPSA) is 80.0 Å². The van der Waals surface area contributed by atoms with Crippen LogP contribution in [0.4, 0.5) is 17.8 Å². The number of nitrogens with zero attached hydrogens (tertiary/aromatic N) is 4. The first-order valence-electron chi connectivity index (χ1n) is 7.69. The molecule has 3 N–H and O–H groups in total. The SMILES string of the molecule is CC1(Nc2nc(N)nc(N3CCCCC3)n2)CCCC1. The first-order chi connectivity index (χ1) is 9.65. The van der Waals surface area contributed by atoms with E-state index in [-0.39, 0.29) is 5.54 Å². The summed E-state index contributed by atoms with van der Waals surface area (Å²) in [5.41, 5.74) is 5.96. The molecule has 1 saturated carbocycles. The van der Waals surface area contributed by atoms with E-state index in [0.717, 1.165) is 31.9 Å². The average Bonchev–Trinajstić information content (AvgIpc) is 2.85. The molecule has 2 heterocycles. The van der Waals surface area contributed by atoms with Crippen LogP contribution in [0.25, 0.3) is 0 Å². The molecule has 0 amide bonds. The molecule has 0 atom stereocenters. The van der Waals surface area contributed by atoms with Crippen molar-refractivity contribution in [3.8, 4) is 0 Å². The molecule has 2 fully saturated rings. The quantitative estimate of drug-likeness (QED) is 0.881. The summed E-state index contributed by atoms with van der Waals surface area (Å²) in [4.78, 5) is 15.3. The second-order valence-electron chi connectivity index (χ2n) is 6.26. The maximum Gasteiger partial charge on any atom is 0.231 e. The fourth-order valence-corrected chi connectivity index (χ4v) is 3.22. The molecule has 110 valence electrons. The highest BCUT2D eigenvalue weighted by Gasteiger charge is 2.29. The third-order valence-corrected chi connectivity index (χ3v) is 4.40. The molecule has 1 aromatic heterocycles. The van der Waals surface area contributed by atoms with Crippen LogP contribution in [0, 0.1) is 0 Å². The molecule has 0 spiro atoms. The van der Waals surface area contributed by atoms with Gasteiger partial charge in [0, 0.05) is 18.6 Å². The third-order valence-electron chi connectivity index (χ3n) is 4.40. The van der Waals surface area contributed by atoms with Gasteiger partial charge in [0.15, 0.2) is 0 Å². The predicted molar refractivity (Wildman–Crippen MR) is 80.8 cm³/mol. The van der Waals surface area contributed by atoms with Gasteiger partial charge in [-0.15, -0.1) is 0 Å². The lowest BCUT2D eigenvalue weighted by Gasteiger charge is -2.28.